The van der Waals surface area contributed by atoms with Crippen LogP contribution in [0.25, 0.3) is 89.7 Å². The van der Waals surface area contributed by atoms with Crippen LogP contribution in [0.2, 0.25) is 0 Å². The van der Waals surface area contributed by atoms with Gasteiger partial charge >= 0.3 is 0 Å². The monoisotopic (exact) mass is 862 g/mol. The normalized spacial score (nSPS) is 13.0. The first-order valence-corrected chi connectivity index (χ1v) is 22.0. The average Bonchev–Trinajstić information content (AvgIpc) is 3.95. The summed E-state index contributed by atoms with van der Waals surface area (Å²) in [7, 11) is -18.4. The summed E-state index contributed by atoms with van der Waals surface area (Å²) in [6, 6.07) is 18.0. The molecule has 5 aromatic carbocycles. The molecule has 0 aliphatic rings. The highest BCUT2D eigenvalue weighted by atomic mass is 32.2. The van der Waals surface area contributed by atoms with E-state index in [4.69, 9.17) is 0 Å². The Kier molecular flexibility index (Phi) is 8.06. The molecule has 0 spiro atoms. The summed E-state index contributed by atoms with van der Waals surface area (Å²) in [5, 5.41) is 0. The Labute approximate surface area is 325 Å². The van der Waals surface area contributed by atoms with Gasteiger partial charge in [0.25, 0.3) is 40.5 Å². The number of aromatic nitrogens is 8. The maximum atomic E-state index is 12.0. The number of H-pyrrole nitrogens is 4. The van der Waals surface area contributed by atoms with Crippen molar-refractivity contribution in [2.45, 2.75) is 19.6 Å². The van der Waals surface area contributed by atoms with E-state index in [-0.39, 0.29) is 89.7 Å². The molecule has 24 heteroatoms. The number of hydrogen-bond acceptors (Lipinski definition) is 12. The fourth-order valence-electron chi connectivity index (χ4n) is 6.49. The zero-order valence-corrected chi connectivity index (χ0v) is 31.8. The Bertz CT molecular complexity index is 3220. The number of hydrogen-bond donors (Lipinski definition) is 8. The van der Waals surface area contributed by atoms with Crippen molar-refractivity contribution in [3.05, 3.63) is 84.9 Å². The third-order valence-electron chi connectivity index (χ3n) is 9.18. The molecule has 0 atom stereocenters. The maximum Gasteiger partial charge on any atom is 0.294 e. The number of aromatic amines is 4. The number of rotatable bonds is 8. The highest BCUT2D eigenvalue weighted by Gasteiger charge is 2.25. The van der Waals surface area contributed by atoms with Gasteiger partial charge in [-0.25, -0.2) is 19.9 Å². The Morgan fingerprint density at radius 2 is 0.534 bits per heavy atom. The lowest BCUT2D eigenvalue weighted by Gasteiger charge is -2.13. The summed E-state index contributed by atoms with van der Waals surface area (Å²) in [4.78, 5) is 29.2. The second-order valence-corrected chi connectivity index (χ2v) is 18.6. The number of fused-ring (bicyclic) bond motifs is 4. The van der Waals surface area contributed by atoms with Crippen LogP contribution in [-0.2, 0) is 40.5 Å². The van der Waals surface area contributed by atoms with Crippen molar-refractivity contribution in [1.29, 1.82) is 0 Å². The zero-order valence-electron chi connectivity index (χ0n) is 28.6. The minimum Gasteiger partial charge on any atom is -0.338 e. The zero-order chi connectivity index (χ0) is 41.1. The van der Waals surface area contributed by atoms with E-state index in [9.17, 15) is 51.9 Å². The van der Waals surface area contributed by atoms with Crippen molar-refractivity contribution in [3.8, 4) is 45.6 Å². The maximum absolute atomic E-state index is 12.0. The van der Waals surface area contributed by atoms with Gasteiger partial charge in [0.1, 0.15) is 23.3 Å². The number of nitrogens with one attached hydrogen (secondary N) is 4. The molecule has 58 heavy (non-hydrogen) atoms. The van der Waals surface area contributed by atoms with E-state index in [0.29, 0.717) is 0 Å². The molecule has 0 bridgehead atoms. The van der Waals surface area contributed by atoms with Crippen molar-refractivity contribution in [2.75, 3.05) is 0 Å². The molecular formula is C34H22N8O12S4. The van der Waals surface area contributed by atoms with E-state index in [1.165, 1.54) is 48.5 Å². The molecule has 0 fully saturated rings. The van der Waals surface area contributed by atoms with Gasteiger partial charge in [0.05, 0.1) is 63.7 Å². The molecule has 0 radical (unpaired) electrons. The van der Waals surface area contributed by atoms with Crippen LogP contribution in [0, 0.1) is 0 Å². The quantitative estimate of drug-likeness (QED) is 0.0947. The van der Waals surface area contributed by atoms with Gasteiger partial charge in [0, 0.05) is 22.3 Å². The summed E-state index contributed by atoms with van der Waals surface area (Å²) in [6.45, 7) is 0. The van der Waals surface area contributed by atoms with Crippen molar-refractivity contribution in [2.24, 2.45) is 0 Å². The van der Waals surface area contributed by atoms with E-state index in [1.807, 2.05) is 0 Å². The molecule has 0 amide bonds. The number of imidazole rings is 4. The Hall–Kier alpha value is -6.38. The minimum absolute atomic E-state index is 0.136. The highest BCUT2D eigenvalue weighted by molar-refractivity contribution is 7.86. The van der Waals surface area contributed by atoms with Crippen LogP contribution in [0.4, 0.5) is 0 Å². The van der Waals surface area contributed by atoms with Crippen LogP contribution in [0.5, 0.6) is 0 Å². The molecule has 294 valence electrons. The molecule has 8 N–H and O–H groups in total. The molecule has 0 aliphatic heterocycles. The van der Waals surface area contributed by atoms with Gasteiger partial charge in [0.15, 0.2) is 0 Å². The van der Waals surface area contributed by atoms with Gasteiger partial charge in [-0.15, -0.1) is 0 Å². The first kappa shape index (κ1) is 37.2. The molecule has 0 unspecified atom stereocenters. The van der Waals surface area contributed by atoms with E-state index in [2.05, 4.69) is 39.9 Å². The second kappa shape index (κ2) is 12.6. The van der Waals surface area contributed by atoms with Crippen molar-refractivity contribution < 1.29 is 51.9 Å². The third kappa shape index (κ3) is 6.57. The van der Waals surface area contributed by atoms with Crippen LogP contribution in [0.1, 0.15) is 0 Å². The lowest BCUT2D eigenvalue weighted by Crippen LogP contribution is -1.97. The average molecular weight is 863 g/mol. The lowest BCUT2D eigenvalue weighted by molar-refractivity contribution is 0.481. The van der Waals surface area contributed by atoms with Gasteiger partial charge in [-0.3, -0.25) is 18.2 Å². The van der Waals surface area contributed by atoms with Crippen LogP contribution in [0.3, 0.4) is 0 Å². The molecule has 4 aromatic heterocycles. The standard InChI is InChI=1S/C34H22N8O12S4/c43-55(44,45)15-1-5-23-27(9-15)39-31(35-23)19-13-21(33-37-25-7-3-17(57(49,50)51)11-29(25)41-33)22(34-38-26-8-4-18(58(52,53)54)12-30(26)42-34)14-20(19)32-36-24-6-2-16(56(46,47)48)10-28(24)40-32/h1-14H,(H,35,39)(H,36,40)(H,37,41)(H,38,42)(H,43,44,45)(H,46,47,48)(H,49,50,51)(H,52,53,54). The van der Waals surface area contributed by atoms with Crippen LogP contribution >= 0.6 is 0 Å². The van der Waals surface area contributed by atoms with E-state index < -0.39 is 60.1 Å². The van der Waals surface area contributed by atoms with E-state index in [1.54, 1.807) is 12.1 Å². The molecular weight excluding hydrogens is 841 g/mol. The molecule has 0 saturated carbocycles. The van der Waals surface area contributed by atoms with Crippen molar-refractivity contribution >= 4 is 84.6 Å². The smallest absolute Gasteiger partial charge is 0.294 e. The summed E-state index contributed by atoms with van der Waals surface area (Å²) in [5.74, 6) is 0.543. The fourth-order valence-corrected chi connectivity index (χ4v) is 8.52. The number of benzene rings is 5. The van der Waals surface area contributed by atoms with Gasteiger partial charge < -0.3 is 19.9 Å². The van der Waals surface area contributed by atoms with Gasteiger partial charge in [-0.1, -0.05) is 0 Å². The Morgan fingerprint density at radius 1 is 0.328 bits per heavy atom. The topological polar surface area (TPSA) is 332 Å². The van der Waals surface area contributed by atoms with Gasteiger partial charge in [-0.2, -0.15) is 33.7 Å². The Balaban J connectivity index is 1.36. The first-order chi connectivity index (χ1) is 27.2. The molecule has 0 saturated heterocycles. The van der Waals surface area contributed by atoms with Crippen LogP contribution in [-0.4, -0.2) is 91.8 Å². The SMILES string of the molecule is O=S(=O)(O)c1ccc2nc(-c3cc(-c4nc5ccc(S(=O)(=O)O)cc5[nH]4)c(-c4nc5ccc(S(=O)(=O)O)cc5[nH]4)cc3-c3nc4ccc(S(=O)(=O)O)cc4[nH]3)[nH]c2c1. The number of nitrogens with zero attached hydrogens (tertiary/aromatic N) is 4. The minimum atomic E-state index is -4.60. The molecule has 0 aliphatic carbocycles. The van der Waals surface area contributed by atoms with E-state index >= 15 is 0 Å². The molecule has 4 heterocycles. The van der Waals surface area contributed by atoms with Crippen LogP contribution < -0.4 is 0 Å². The van der Waals surface area contributed by atoms with E-state index in [0.717, 1.165) is 24.3 Å². The van der Waals surface area contributed by atoms with Gasteiger partial charge in [-0.05, 0) is 84.9 Å². The molecule has 20 nitrogen and oxygen atoms in total. The third-order valence-corrected chi connectivity index (χ3v) is 12.6. The Morgan fingerprint density at radius 3 is 0.724 bits per heavy atom. The molecule has 9 rings (SSSR count). The largest absolute Gasteiger partial charge is 0.338 e. The fraction of sp³-hybridized carbons (Fsp3) is 0. The first-order valence-electron chi connectivity index (χ1n) is 16.3. The highest BCUT2D eigenvalue weighted by Crippen LogP contribution is 2.41. The molecule has 9 aromatic rings. The summed E-state index contributed by atoms with van der Waals surface area (Å²) < 4.78 is 135. The van der Waals surface area contributed by atoms with Crippen molar-refractivity contribution in [1.82, 2.24) is 39.9 Å². The predicted molar refractivity (Wildman–Crippen MR) is 206 cm³/mol. The summed E-state index contributed by atoms with van der Waals surface area (Å²) >= 11 is 0. The predicted octanol–water partition coefficient (Wildman–Crippen LogP) is 4.85. The second-order valence-electron chi connectivity index (χ2n) is 12.9. The van der Waals surface area contributed by atoms with Gasteiger partial charge in [0.2, 0.25) is 0 Å². The van der Waals surface area contributed by atoms with Crippen LogP contribution in [0.15, 0.2) is 105 Å². The lowest BCUT2D eigenvalue weighted by atomic mass is 9.96. The summed E-state index contributed by atoms with van der Waals surface area (Å²) in [5.41, 5.74) is 3.09. The van der Waals surface area contributed by atoms with Crippen molar-refractivity contribution in [3.63, 3.8) is 0 Å². The summed E-state index contributed by atoms with van der Waals surface area (Å²) in [6.07, 6.45) is 0.